The fraction of sp³-hybridized carbons (Fsp3) is 0.892. The Bertz CT molecular complexity index is 3600. The first-order valence-electron chi connectivity index (χ1n) is 48.4. The highest BCUT2D eigenvalue weighted by molar-refractivity contribution is 7.95. The lowest BCUT2D eigenvalue weighted by molar-refractivity contribution is -0.139. The maximum absolute atomic E-state index is 12.1. The quantitative estimate of drug-likeness (QED) is 0.0153. The number of carbonyl (C=O) groups is 8. The van der Waals surface area contributed by atoms with E-state index in [0.29, 0.717) is 93.6 Å². The molecule has 0 spiro atoms. The van der Waals surface area contributed by atoms with E-state index in [0.717, 1.165) is 147 Å². The number of Topliss-reactive ketones (excluding diaryl/α,β-unsaturated/α-hetero) is 5. The minimum Gasteiger partial charge on any atom is -0.481 e. The molecule has 0 radical (unpaired) electrons. The molecule has 2 rings (SSSR count). The van der Waals surface area contributed by atoms with Crippen LogP contribution in [0, 0.1) is 41.4 Å². The van der Waals surface area contributed by atoms with Gasteiger partial charge in [-0.25, -0.2) is 8.42 Å². The van der Waals surface area contributed by atoms with E-state index in [1.165, 1.54) is 107 Å². The number of unbranched alkanes of at least 4 members (excludes halogenated alkanes) is 2. The van der Waals surface area contributed by atoms with E-state index in [-0.39, 0.29) is 67.2 Å². The molecular formula is C93H191N11O22S5. The van der Waals surface area contributed by atoms with Crippen LogP contribution in [0.25, 0.3) is 0 Å². The number of carbonyl (C=O) groups excluding carboxylic acids is 7. The van der Waals surface area contributed by atoms with Crippen LogP contribution in [0.4, 0.5) is 0 Å². The third-order valence-electron chi connectivity index (χ3n) is 21.8. The summed E-state index contributed by atoms with van der Waals surface area (Å²) in [7, 11) is -18.5. The van der Waals surface area contributed by atoms with Gasteiger partial charge in [-0.2, -0.15) is 25.3 Å². The number of amides is 2. The number of rotatable bonds is 66. The topological polar surface area (TPSA) is 516 Å². The highest BCUT2D eigenvalue weighted by Gasteiger charge is 2.29. The van der Waals surface area contributed by atoms with E-state index in [2.05, 4.69) is 111 Å². The molecule has 5 unspecified atom stereocenters. The van der Waals surface area contributed by atoms with Gasteiger partial charge in [0, 0.05) is 116 Å². The van der Waals surface area contributed by atoms with E-state index in [9.17, 15) is 72.0 Å². The Labute approximate surface area is 796 Å². The largest absolute Gasteiger partial charge is 0.481 e. The van der Waals surface area contributed by atoms with Crippen molar-refractivity contribution in [3.8, 4) is 0 Å². The van der Waals surface area contributed by atoms with Gasteiger partial charge in [0.1, 0.15) is 28.9 Å². The fourth-order valence-electron chi connectivity index (χ4n) is 13.8. The number of hydrogen-bond donors (Lipinski definition) is 11. The van der Waals surface area contributed by atoms with E-state index in [1.54, 1.807) is 20.8 Å². The Hall–Kier alpha value is -3.91. The molecule has 0 aromatic rings. The van der Waals surface area contributed by atoms with Gasteiger partial charge in [0.15, 0.2) is 0 Å². The number of aliphatic carboxylic acids is 1. The lowest BCUT2D eigenvalue weighted by Gasteiger charge is -2.34. The van der Waals surface area contributed by atoms with Gasteiger partial charge in [-0.1, -0.05) is 155 Å². The number of hydrogen-bond acceptors (Lipinski definition) is 25. The third kappa shape index (κ3) is 96.2. The molecule has 2 fully saturated rings. The molecule has 0 aromatic heterocycles. The number of nitrogens with zero attached hydrogens (tertiary/aromatic N) is 6. The molecule has 14 N–H and O–H groups in total. The van der Waals surface area contributed by atoms with Crippen molar-refractivity contribution in [1.29, 1.82) is 0 Å². The van der Waals surface area contributed by atoms with Crippen LogP contribution in [0.15, 0.2) is 0 Å². The second-order valence-electron chi connectivity index (χ2n) is 38.6. The van der Waals surface area contributed by atoms with Gasteiger partial charge in [-0.15, -0.1) is 0 Å². The summed E-state index contributed by atoms with van der Waals surface area (Å²) in [5.74, 6) is 7.26. The van der Waals surface area contributed by atoms with E-state index in [4.69, 9.17) is 45.1 Å². The first-order valence-corrected chi connectivity index (χ1v) is 57.0. The van der Waals surface area contributed by atoms with Gasteiger partial charge in [-0.3, -0.25) is 47.3 Å². The minimum absolute atomic E-state index is 0.0292. The first kappa shape index (κ1) is 136. The lowest BCUT2D eigenvalue weighted by atomic mass is 9.93. The average Bonchev–Trinajstić information content (AvgIpc) is 0.869. The predicted octanol–water partition coefficient (Wildman–Crippen LogP) is 11.7. The summed E-state index contributed by atoms with van der Waals surface area (Å²) in [6, 6.07) is -1.18. The van der Waals surface area contributed by atoms with Gasteiger partial charge in [0.2, 0.25) is 11.8 Å². The maximum atomic E-state index is 12.1. The van der Waals surface area contributed by atoms with Crippen LogP contribution in [0.2, 0.25) is 0 Å². The first-order chi connectivity index (χ1) is 60.5. The van der Waals surface area contributed by atoms with Crippen LogP contribution >= 0.6 is 0 Å². The molecular weight excluding hydrogens is 1780 g/mol. The molecule has 0 saturated heterocycles. The number of carboxylic acid groups (broad SMARTS) is 1. The highest BCUT2D eigenvalue weighted by atomic mass is 32.2. The molecule has 0 bridgehead atoms. The smallest absolute Gasteiger partial charge is 0.305 e. The summed E-state index contributed by atoms with van der Waals surface area (Å²) in [6.07, 6.45) is 29.0. The van der Waals surface area contributed by atoms with Crippen LogP contribution in [0.5, 0.6) is 0 Å². The standard InChI is InChI=1S/C16H34N2O4S.C16H31NO.C15H29NO.C13H25NO3.C12H24N2O5S.C11H24N2O6S2.C10H24N2O2S/c1-15(2)8-11-18(13-14-23(20,21)22)12-10-17-9-6-4-5-7-16(3)19;1-14(2)11-13-17(12-7-8-15(3)18)16-9-5-4-6-10-16;1-13(2)9-11-16(12-10-14(3)17)15-7-5-4-6-8-15;1-4-8-14-11(9-13(16)17)12(15)7-5-6-10(2)3;1-9(2)4-5-14(6-7-20(17,18)19)12(16)11(13)8-10(3)15;1-9(2)4-5-13(6-7-21(17,18)19)11(14)10(12)8-20(3,15)16;1-10(2)4-6-12(7-5-11)8-9-15(3,13)14/h15,17H,4-14H2,1-3H3,(H,20,21,22);14,16H,4-13H2,1-3H3;13,15H,4-12H2,1-3H3;10-11,14H,4-9H2,1-3H3,(H,16,17);9,11H,4-8,13H2,1-3H3,(H,17,18,19);9-10H,3-8,12H2,1-2H3,(H,15,16)(H,17,18,19);10H,3-9,11H2,1-2H3,(H,13,14). The maximum Gasteiger partial charge on any atom is 0.305 e. The summed E-state index contributed by atoms with van der Waals surface area (Å²) >= 11 is 0. The normalized spacial score (nSPS) is 15.0. The van der Waals surface area contributed by atoms with Crippen molar-refractivity contribution in [3.63, 3.8) is 0 Å². The number of ketones is 5. The zero-order valence-electron chi connectivity index (χ0n) is 84.8. The Morgan fingerprint density at radius 2 is 0.763 bits per heavy atom. The van der Waals surface area contributed by atoms with Gasteiger partial charge in [0.05, 0.1) is 72.9 Å². The summed E-state index contributed by atoms with van der Waals surface area (Å²) in [5.41, 5.74) is 16.7. The molecule has 131 heavy (non-hydrogen) atoms. The molecule has 0 heterocycles. The second-order valence-corrected chi connectivity index (χ2v) is 47.2. The molecule has 0 aromatic carbocycles. The minimum atomic E-state index is -4.21. The number of nitrogens with one attached hydrogen (secondary N) is 2. The molecule has 2 aliphatic carbocycles. The Morgan fingerprint density at radius 1 is 0.382 bits per heavy atom. The van der Waals surface area contributed by atoms with Crippen LogP contribution in [-0.4, -0.2) is 326 Å². The molecule has 2 saturated carbocycles. The van der Waals surface area contributed by atoms with Crippen molar-refractivity contribution in [3.05, 3.63) is 0 Å². The van der Waals surface area contributed by atoms with Crippen LogP contribution in [0.3, 0.4) is 0 Å². The van der Waals surface area contributed by atoms with Gasteiger partial charge in [-0.05, 0) is 223 Å². The monoisotopic (exact) mass is 1970 g/mol. The Kier molecular flexibility index (Phi) is 81.7. The van der Waals surface area contributed by atoms with Gasteiger partial charge < -0.3 is 76.1 Å². The van der Waals surface area contributed by atoms with Crippen LogP contribution < -0.4 is 27.8 Å². The lowest BCUT2D eigenvalue weighted by Crippen LogP contribution is -2.49. The second kappa shape index (κ2) is 78.9. The molecule has 780 valence electrons. The van der Waals surface area contributed by atoms with Crippen molar-refractivity contribution in [2.75, 3.05) is 147 Å². The SMILES string of the molecule is C=S(=O)(O)CC(N)C(=O)N(CCC(C)C)CCS(=O)(=O)O.C=S(=O)(O)CCN(CCN)CCC(C)C.CC(=O)CC(N)C(=O)N(CCC(C)C)CCS(=O)(=O)O.CC(=O)CCCCCNCCN(CCC(C)C)CCS(=O)(=O)O.CC(=O)CCCN(CCC(C)C)C1CCCCC1.CC(=O)CCN(CCC(C)C)C1CCCCC1.CCCNC(CC(=O)O)C(=O)CCCC(C)C. The summed E-state index contributed by atoms with van der Waals surface area (Å²) in [5, 5.41) is 15.1. The van der Waals surface area contributed by atoms with Gasteiger partial charge in [0.25, 0.3) is 30.4 Å². The molecule has 38 heteroatoms. The Balaban J connectivity index is -0.000000473. The molecule has 5 atom stereocenters. The van der Waals surface area contributed by atoms with Gasteiger partial charge >= 0.3 is 5.97 Å². The number of carboxylic acids is 1. The van der Waals surface area contributed by atoms with Crippen LogP contribution in [0.1, 0.15) is 318 Å². The Morgan fingerprint density at radius 3 is 1.14 bits per heavy atom. The van der Waals surface area contributed by atoms with E-state index >= 15 is 0 Å². The van der Waals surface area contributed by atoms with Crippen molar-refractivity contribution >= 4 is 108 Å². The van der Waals surface area contributed by atoms with E-state index in [1.807, 2.05) is 34.6 Å². The number of nitrogens with two attached hydrogens (primary N) is 3. The molecule has 0 aliphatic heterocycles. The van der Waals surface area contributed by atoms with Crippen molar-refractivity contribution in [2.24, 2.45) is 58.6 Å². The average molecular weight is 1980 g/mol. The summed E-state index contributed by atoms with van der Waals surface area (Å²) in [6.45, 7) is 50.2. The van der Waals surface area contributed by atoms with Crippen LogP contribution in [-0.2, 0) is 88.3 Å². The van der Waals surface area contributed by atoms with Crippen molar-refractivity contribution in [2.45, 2.75) is 348 Å². The highest BCUT2D eigenvalue weighted by Crippen LogP contribution is 2.26. The molecule has 2 amide bonds. The third-order valence-corrected chi connectivity index (χ3v) is 25.6. The zero-order chi connectivity index (χ0) is 102. The molecule has 33 nitrogen and oxygen atoms in total. The fourth-order valence-corrected chi connectivity index (χ4v) is 16.4. The summed E-state index contributed by atoms with van der Waals surface area (Å²) < 4.78 is 132. The van der Waals surface area contributed by atoms with Crippen molar-refractivity contribution < 1.29 is 99.9 Å². The summed E-state index contributed by atoms with van der Waals surface area (Å²) in [4.78, 5) is 103. The zero-order valence-corrected chi connectivity index (χ0v) is 88.9. The van der Waals surface area contributed by atoms with E-state index < -0.39 is 103 Å². The van der Waals surface area contributed by atoms with Crippen molar-refractivity contribution in [1.82, 2.24) is 40.0 Å². The molecule has 2 aliphatic rings. The predicted molar refractivity (Wildman–Crippen MR) is 540 cm³/mol.